The van der Waals surface area contributed by atoms with E-state index in [0.29, 0.717) is 42.6 Å². The number of allylic oxidation sites excluding steroid dienone is 1. The average Bonchev–Trinajstić information content (AvgIpc) is 3.82. The van der Waals surface area contributed by atoms with Gasteiger partial charge in [-0.15, -0.1) is 0 Å². The smallest absolute Gasteiger partial charge is 0.187 e. The molecule has 424 valence electrons. The van der Waals surface area contributed by atoms with Gasteiger partial charge in [0.1, 0.15) is 91.6 Å². The Labute approximate surface area is 430 Å². The average molecular weight is 1060 g/mol. The van der Waals surface area contributed by atoms with Crippen molar-refractivity contribution in [3.63, 3.8) is 0 Å². The Bertz CT molecular complexity index is 1960. The van der Waals surface area contributed by atoms with Crippen molar-refractivity contribution >= 4 is 0 Å². The molecule has 5 aliphatic heterocycles. The second kappa shape index (κ2) is 22.2. The highest BCUT2D eigenvalue weighted by molar-refractivity contribution is 5.26. The molecule has 0 spiro atoms. The van der Waals surface area contributed by atoms with E-state index < -0.39 is 155 Å². The lowest BCUT2D eigenvalue weighted by molar-refractivity contribution is -0.389. The largest absolute Gasteiger partial charge is 0.394 e. The van der Waals surface area contributed by atoms with Gasteiger partial charge in [0.05, 0.1) is 44.7 Å². The Hall–Kier alpha value is -1.44. The molecule has 0 aromatic heterocycles. The molecular weight excluding hydrogens is 981 g/mol. The molecule has 9 rings (SSSR count). The third-order valence-corrected chi connectivity index (χ3v) is 19.2. The third-order valence-electron chi connectivity index (χ3n) is 19.2. The Kier molecular flexibility index (Phi) is 17.2. The van der Waals surface area contributed by atoms with Gasteiger partial charge in [-0.3, -0.25) is 0 Å². The van der Waals surface area contributed by atoms with Crippen LogP contribution < -0.4 is 0 Å². The highest BCUT2D eigenvalue weighted by Crippen LogP contribution is 2.70. The summed E-state index contributed by atoms with van der Waals surface area (Å²) in [5.74, 6) is -0.401. The van der Waals surface area contributed by atoms with E-state index >= 15 is 0 Å². The molecule has 8 fully saturated rings. The molecule has 4 aliphatic carbocycles. The summed E-state index contributed by atoms with van der Waals surface area (Å²) >= 11 is 0. The molecule has 0 aromatic carbocycles. The molecule has 30 unspecified atom stereocenters. The van der Waals surface area contributed by atoms with Crippen molar-refractivity contribution < 1.29 is 114 Å². The fourth-order valence-electron chi connectivity index (χ4n) is 14.8. The number of aliphatic hydroxyl groups excluding tert-OH is 13. The van der Waals surface area contributed by atoms with Crippen molar-refractivity contribution in [1.29, 1.82) is 0 Å². The number of ether oxygens (including phenoxy) is 9. The topological polar surface area (TPSA) is 366 Å². The fraction of sp³-hybridized carbons (Fsp3) is 0.922. The van der Waals surface area contributed by atoms with Gasteiger partial charge in [-0.2, -0.15) is 0 Å². The molecule has 30 atom stereocenters. The first kappa shape index (κ1) is 57.3. The molecule has 23 nitrogen and oxygen atoms in total. The van der Waals surface area contributed by atoms with E-state index in [9.17, 15) is 71.5 Å². The maximum Gasteiger partial charge on any atom is 0.187 e. The Balaban J connectivity index is 0.849. The first-order valence-electron chi connectivity index (χ1n) is 26.6. The molecule has 23 heteroatoms. The van der Waals surface area contributed by atoms with Gasteiger partial charge in [-0.1, -0.05) is 44.6 Å². The monoisotopic (exact) mass is 1060 g/mol. The van der Waals surface area contributed by atoms with Crippen LogP contribution in [-0.4, -0.2) is 239 Å². The minimum absolute atomic E-state index is 0.0495. The molecule has 9 aliphatic rings. The molecule has 5 heterocycles. The lowest BCUT2D eigenvalue weighted by Crippen LogP contribution is -2.67. The predicted molar refractivity (Wildman–Crippen MR) is 250 cm³/mol. The molecule has 0 radical (unpaired) electrons. The van der Waals surface area contributed by atoms with Gasteiger partial charge in [-0.05, 0) is 92.8 Å². The van der Waals surface area contributed by atoms with E-state index in [2.05, 4.69) is 33.4 Å². The molecular formula is C51H82O23. The van der Waals surface area contributed by atoms with Crippen LogP contribution in [0.4, 0.5) is 0 Å². The van der Waals surface area contributed by atoms with Gasteiger partial charge in [0.15, 0.2) is 30.9 Å². The van der Waals surface area contributed by atoms with E-state index in [1.807, 2.05) is 0 Å². The molecule has 0 amide bonds. The minimum atomic E-state index is -1.86. The van der Waals surface area contributed by atoms with Gasteiger partial charge in [0, 0.05) is 12.3 Å². The van der Waals surface area contributed by atoms with E-state index in [-0.39, 0.29) is 41.8 Å². The van der Waals surface area contributed by atoms with Crippen molar-refractivity contribution in [2.45, 2.75) is 226 Å². The van der Waals surface area contributed by atoms with Crippen LogP contribution in [0, 0.1) is 40.4 Å². The zero-order chi connectivity index (χ0) is 53.5. The summed E-state index contributed by atoms with van der Waals surface area (Å²) < 4.78 is 54.2. The lowest BCUT2D eigenvalue weighted by atomic mass is 9.47. The van der Waals surface area contributed by atoms with E-state index in [0.717, 1.165) is 32.1 Å². The maximum atomic E-state index is 12.1. The molecule has 0 aromatic rings. The van der Waals surface area contributed by atoms with Crippen molar-refractivity contribution in [3.05, 3.63) is 23.8 Å². The van der Waals surface area contributed by atoms with Gasteiger partial charge < -0.3 is 114 Å². The minimum Gasteiger partial charge on any atom is -0.394 e. The highest BCUT2D eigenvalue weighted by atomic mass is 16.8. The summed E-state index contributed by atoms with van der Waals surface area (Å²) in [4.78, 5) is 0. The predicted octanol–water partition coefficient (Wildman–Crippen LogP) is -3.09. The SMILES string of the molecule is C=C(CCC1(O)OC2CC3C4CC=C5CC(OC6OC(CO)C(OC7OC(CO)C(O)C(O)C7O)C(O)C6OC6OC(C)C(O)C(O)C6O)CCC5(C)C4CCC3(C)C2C1C)COC1OC(CO)C(O)C(O)C1O. The van der Waals surface area contributed by atoms with Crippen LogP contribution in [0.5, 0.6) is 0 Å². The zero-order valence-electron chi connectivity index (χ0n) is 42.5. The highest BCUT2D eigenvalue weighted by Gasteiger charge is 2.68. The van der Waals surface area contributed by atoms with Gasteiger partial charge in [0.2, 0.25) is 0 Å². The van der Waals surface area contributed by atoms with Crippen molar-refractivity contribution in [3.8, 4) is 0 Å². The Morgan fingerprint density at radius 1 is 0.649 bits per heavy atom. The fourth-order valence-corrected chi connectivity index (χ4v) is 14.8. The summed E-state index contributed by atoms with van der Waals surface area (Å²) in [5, 5.41) is 148. The van der Waals surface area contributed by atoms with E-state index in [1.54, 1.807) is 0 Å². The van der Waals surface area contributed by atoms with Gasteiger partial charge >= 0.3 is 0 Å². The lowest BCUT2D eigenvalue weighted by Gasteiger charge is -2.58. The Morgan fingerprint density at radius 2 is 1.23 bits per heavy atom. The van der Waals surface area contributed by atoms with Crippen LogP contribution >= 0.6 is 0 Å². The summed E-state index contributed by atoms with van der Waals surface area (Å²) in [6.07, 6.45) is -22.8. The molecule has 14 N–H and O–H groups in total. The second-order valence-electron chi connectivity index (χ2n) is 23.4. The molecule has 0 bridgehead atoms. The number of rotatable bonds is 15. The van der Waals surface area contributed by atoms with Crippen molar-refractivity contribution in [2.75, 3.05) is 26.4 Å². The quantitative estimate of drug-likeness (QED) is 0.0723. The molecule has 74 heavy (non-hydrogen) atoms. The summed E-state index contributed by atoms with van der Waals surface area (Å²) in [5.41, 5.74) is 1.59. The number of fused-ring (bicyclic) bond motifs is 7. The zero-order valence-corrected chi connectivity index (χ0v) is 42.5. The third kappa shape index (κ3) is 10.1. The van der Waals surface area contributed by atoms with Gasteiger partial charge in [0.25, 0.3) is 0 Å². The standard InChI is InChI=1S/C51H82O23/c1-20(19-66-45-39(61)37(59)34(56)29(16-52)69-45)8-13-51(65)21(2)32-28(74-51)15-27-25-7-6-23-14-24(9-11-49(23,4)26(25)10-12-50(27,32)5)68-48-44(73-46-40(62)36(58)33(55)22(3)67-46)42(64)43(31(18-54)71-48)72-47-41(63)38(60)35(57)30(17-53)70-47/h6,21-22,24-48,52-65H,1,7-19H2,2-5H3. The van der Waals surface area contributed by atoms with Crippen molar-refractivity contribution in [2.24, 2.45) is 40.4 Å². The first-order valence-corrected chi connectivity index (χ1v) is 26.6. The number of hydrogen-bond acceptors (Lipinski definition) is 23. The van der Waals surface area contributed by atoms with Gasteiger partial charge in [-0.25, -0.2) is 0 Å². The van der Waals surface area contributed by atoms with Crippen LogP contribution in [0.2, 0.25) is 0 Å². The van der Waals surface area contributed by atoms with Crippen LogP contribution in [0.3, 0.4) is 0 Å². The van der Waals surface area contributed by atoms with Crippen LogP contribution in [0.1, 0.15) is 85.5 Å². The summed E-state index contributed by atoms with van der Waals surface area (Å²) in [6, 6.07) is 0. The first-order chi connectivity index (χ1) is 35.0. The Morgan fingerprint density at radius 3 is 1.88 bits per heavy atom. The van der Waals surface area contributed by atoms with Crippen LogP contribution in [0.15, 0.2) is 23.8 Å². The molecule has 5 saturated heterocycles. The van der Waals surface area contributed by atoms with E-state index in [4.69, 9.17) is 42.6 Å². The number of hydrogen-bond donors (Lipinski definition) is 14. The summed E-state index contributed by atoms with van der Waals surface area (Å²) in [7, 11) is 0. The second-order valence-corrected chi connectivity index (χ2v) is 23.4. The number of aliphatic hydroxyl groups is 14. The summed E-state index contributed by atoms with van der Waals surface area (Å²) in [6.45, 7) is 10.2. The van der Waals surface area contributed by atoms with Crippen molar-refractivity contribution in [1.82, 2.24) is 0 Å². The van der Waals surface area contributed by atoms with Crippen LogP contribution in [-0.2, 0) is 42.6 Å². The normalized spacial score (nSPS) is 54.4. The maximum absolute atomic E-state index is 12.1. The molecule has 3 saturated carbocycles. The van der Waals surface area contributed by atoms with Crippen LogP contribution in [0.25, 0.3) is 0 Å². The van der Waals surface area contributed by atoms with E-state index in [1.165, 1.54) is 12.5 Å².